The van der Waals surface area contributed by atoms with Crippen molar-refractivity contribution >= 4 is 15.6 Å². The molecular formula is C36H42O3S. The number of aryl methyl sites for hydroxylation is 1. The Morgan fingerprint density at radius 1 is 0.725 bits per heavy atom. The molecule has 40 heavy (non-hydrogen) atoms. The summed E-state index contributed by atoms with van der Waals surface area (Å²) in [4.78, 5) is 0.789. The van der Waals surface area contributed by atoms with Gasteiger partial charge < -0.3 is 4.74 Å². The van der Waals surface area contributed by atoms with Crippen LogP contribution in [-0.4, -0.2) is 14.0 Å². The molecule has 2 fully saturated rings. The molecule has 0 spiro atoms. The van der Waals surface area contributed by atoms with Crippen LogP contribution in [-0.2, 0) is 14.6 Å². The molecule has 0 unspecified atom stereocenters. The van der Waals surface area contributed by atoms with Gasteiger partial charge in [0.1, 0.15) is 11.4 Å². The fourth-order valence-corrected chi connectivity index (χ4v) is 10.1. The van der Waals surface area contributed by atoms with Crippen LogP contribution in [0.3, 0.4) is 0 Å². The average molecular weight is 555 g/mol. The van der Waals surface area contributed by atoms with E-state index in [4.69, 9.17) is 4.74 Å². The Morgan fingerprint density at radius 3 is 2.02 bits per heavy atom. The Balaban J connectivity index is 1.49. The van der Waals surface area contributed by atoms with E-state index in [0.29, 0.717) is 27.9 Å². The molecule has 3 aromatic carbocycles. The number of sulfone groups is 1. The largest absolute Gasteiger partial charge is 0.486 e. The summed E-state index contributed by atoms with van der Waals surface area (Å²) in [5.41, 5.74) is 4.00. The van der Waals surface area contributed by atoms with E-state index in [1.54, 1.807) is 12.1 Å². The molecule has 1 heterocycles. The number of benzene rings is 3. The van der Waals surface area contributed by atoms with Crippen molar-refractivity contribution in [1.82, 2.24) is 0 Å². The first-order valence-electron chi connectivity index (χ1n) is 14.8. The van der Waals surface area contributed by atoms with Crippen LogP contribution in [0.4, 0.5) is 0 Å². The van der Waals surface area contributed by atoms with Gasteiger partial charge >= 0.3 is 0 Å². The Hall–Kier alpha value is -2.85. The van der Waals surface area contributed by atoms with Crippen LogP contribution in [0, 0.1) is 29.6 Å². The third kappa shape index (κ3) is 4.43. The molecule has 2 saturated carbocycles. The van der Waals surface area contributed by atoms with Crippen molar-refractivity contribution < 1.29 is 13.2 Å². The number of ether oxygens (including phenoxy) is 1. The molecule has 0 bridgehead atoms. The number of hydrogen-bond donors (Lipinski definition) is 0. The summed E-state index contributed by atoms with van der Waals surface area (Å²) in [6.07, 6.45) is 6.14. The first kappa shape index (κ1) is 27.3. The van der Waals surface area contributed by atoms with E-state index in [0.717, 1.165) is 41.5 Å². The standard InChI is InChI=1S/C36H42O3S/c1-25-12-18-29(19-13-25)40(37,38)30-24-32-35(4)22-9-21-34(2,3)31(35)20-23-36(32,5)39-33(30)28-16-14-27(15-17-28)26-10-7-6-8-11-26/h6-8,10-19,31-32H,9,20-24H2,1-5H3/t31-,32+,35-,36+/m1/s1. The van der Waals surface area contributed by atoms with Crippen molar-refractivity contribution in [3.8, 4) is 11.1 Å². The molecule has 0 radical (unpaired) electrons. The molecule has 210 valence electrons. The van der Waals surface area contributed by atoms with Crippen LogP contribution < -0.4 is 0 Å². The maximum atomic E-state index is 14.4. The van der Waals surface area contributed by atoms with Gasteiger partial charge in [0.05, 0.1) is 9.80 Å². The van der Waals surface area contributed by atoms with Gasteiger partial charge in [-0.15, -0.1) is 0 Å². The maximum absolute atomic E-state index is 14.4. The summed E-state index contributed by atoms with van der Waals surface area (Å²) < 4.78 is 35.8. The van der Waals surface area contributed by atoms with Gasteiger partial charge in [0.15, 0.2) is 0 Å². The summed E-state index contributed by atoms with van der Waals surface area (Å²) in [7, 11) is -3.75. The van der Waals surface area contributed by atoms with Crippen molar-refractivity contribution in [2.24, 2.45) is 22.7 Å². The second-order valence-electron chi connectivity index (χ2n) is 13.6. The molecule has 3 nitrogen and oxygen atoms in total. The molecule has 2 aliphatic carbocycles. The quantitative estimate of drug-likeness (QED) is 0.323. The van der Waals surface area contributed by atoms with Crippen LogP contribution in [0.1, 0.15) is 77.3 Å². The van der Waals surface area contributed by atoms with Gasteiger partial charge in [-0.2, -0.15) is 0 Å². The van der Waals surface area contributed by atoms with E-state index >= 15 is 0 Å². The second kappa shape index (κ2) is 9.62. The number of hydrogen-bond acceptors (Lipinski definition) is 3. The van der Waals surface area contributed by atoms with Crippen molar-refractivity contribution in [1.29, 1.82) is 0 Å². The zero-order chi connectivity index (χ0) is 28.3. The van der Waals surface area contributed by atoms with Crippen molar-refractivity contribution in [2.45, 2.75) is 83.6 Å². The van der Waals surface area contributed by atoms with E-state index in [-0.39, 0.29) is 16.7 Å². The highest BCUT2D eigenvalue weighted by Gasteiger charge is 2.61. The predicted octanol–water partition coefficient (Wildman–Crippen LogP) is 9.23. The number of rotatable bonds is 4. The van der Waals surface area contributed by atoms with Crippen LogP contribution in [0.25, 0.3) is 16.9 Å². The summed E-state index contributed by atoms with van der Waals surface area (Å²) in [5.74, 6) is 1.24. The molecule has 4 atom stereocenters. The predicted molar refractivity (Wildman–Crippen MR) is 163 cm³/mol. The first-order valence-corrected chi connectivity index (χ1v) is 16.3. The van der Waals surface area contributed by atoms with Gasteiger partial charge in [-0.3, -0.25) is 0 Å². The summed E-state index contributed by atoms with van der Waals surface area (Å²) >= 11 is 0. The zero-order valence-corrected chi connectivity index (χ0v) is 25.4. The lowest BCUT2D eigenvalue weighted by atomic mass is 9.45. The summed E-state index contributed by atoms with van der Waals surface area (Å²) in [6.45, 7) is 11.5. The highest BCUT2D eigenvalue weighted by molar-refractivity contribution is 7.95. The van der Waals surface area contributed by atoms with Crippen LogP contribution in [0.5, 0.6) is 0 Å². The minimum Gasteiger partial charge on any atom is -0.486 e. The minimum atomic E-state index is -3.75. The molecule has 4 heteroatoms. The van der Waals surface area contributed by atoms with Gasteiger partial charge in [-0.1, -0.05) is 99.5 Å². The third-order valence-corrected chi connectivity index (χ3v) is 12.5. The highest BCUT2D eigenvalue weighted by Crippen LogP contribution is 2.66. The summed E-state index contributed by atoms with van der Waals surface area (Å²) in [6, 6.07) is 25.7. The smallest absolute Gasteiger partial charge is 0.206 e. The van der Waals surface area contributed by atoms with Crippen LogP contribution in [0.15, 0.2) is 88.7 Å². The Morgan fingerprint density at radius 2 is 1.35 bits per heavy atom. The van der Waals surface area contributed by atoms with Gasteiger partial charge in [0.2, 0.25) is 9.84 Å². The Kier molecular flexibility index (Phi) is 6.57. The Labute approximate surface area is 240 Å². The molecule has 0 saturated heterocycles. The van der Waals surface area contributed by atoms with Crippen molar-refractivity contribution in [2.75, 3.05) is 0 Å². The van der Waals surface area contributed by atoms with E-state index < -0.39 is 15.4 Å². The second-order valence-corrected chi connectivity index (χ2v) is 15.6. The van der Waals surface area contributed by atoms with Gasteiger partial charge in [0, 0.05) is 11.5 Å². The van der Waals surface area contributed by atoms with Gasteiger partial charge in [0.25, 0.3) is 0 Å². The van der Waals surface area contributed by atoms with Crippen LogP contribution >= 0.6 is 0 Å². The normalized spacial score (nSPS) is 29.7. The first-order chi connectivity index (χ1) is 18.9. The molecule has 1 aliphatic heterocycles. The minimum absolute atomic E-state index is 0.0332. The molecule has 3 aromatic rings. The molecule has 0 N–H and O–H groups in total. The molecule has 3 aliphatic rings. The summed E-state index contributed by atoms with van der Waals surface area (Å²) in [5, 5.41) is 0. The van der Waals surface area contributed by atoms with E-state index in [9.17, 15) is 8.42 Å². The van der Waals surface area contributed by atoms with Crippen molar-refractivity contribution in [3.05, 3.63) is 94.9 Å². The lowest BCUT2D eigenvalue weighted by Gasteiger charge is -2.63. The highest BCUT2D eigenvalue weighted by atomic mass is 32.2. The van der Waals surface area contributed by atoms with Crippen molar-refractivity contribution in [3.63, 3.8) is 0 Å². The van der Waals surface area contributed by atoms with Crippen LogP contribution in [0.2, 0.25) is 0 Å². The Bertz CT molecular complexity index is 1530. The molecule has 0 aromatic heterocycles. The number of allylic oxidation sites excluding steroid dienone is 1. The fraction of sp³-hybridized carbons (Fsp3) is 0.444. The third-order valence-electron chi connectivity index (χ3n) is 10.6. The maximum Gasteiger partial charge on any atom is 0.206 e. The zero-order valence-electron chi connectivity index (χ0n) is 24.5. The fourth-order valence-electron chi connectivity index (χ4n) is 8.50. The topological polar surface area (TPSA) is 43.4 Å². The van der Waals surface area contributed by atoms with Gasteiger partial charge in [-0.05, 0) is 86.0 Å². The van der Waals surface area contributed by atoms with E-state index in [2.05, 4.69) is 52.0 Å². The van der Waals surface area contributed by atoms with Gasteiger partial charge in [-0.25, -0.2) is 8.42 Å². The molecule has 0 amide bonds. The number of fused-ring (bicyclic) bond motifs is 3. The van der Waals surface area contributed by atoms with E-state index in [1.807, 2.05) is 49.4 Å². The lowest BCUT2D eigenvalue weighted by molar-refractivity contribution is -0.169. The monoisotopic (exact) mass is 554 g/mol. The molecule has 6 rings (SSSR count). The SMILES string of the molecule is Cc1ccc(S(=O)(=O)C2=C(c3ccc(-c4ccccc4)cc3)O[C@@]3(C)CC[C@@H]4C(C)(C)CCC[C@@]4(C)[C@@H]3C2)cc1. The molecular weight excluding hydrogens is 512 g/mol. The average Bonchev–Trinajstić information content (AvgIpc) is 2.92. The lowest BCUT2D eigenvalue weighted by Crippen LogP contribution is -2.59. The van der Waals surface area contributed by atoms with E-state index in [1.165, 1.54) is 12.8 Å².